The molecule has 0 saturated heterocycles. The van der Waals surface area contributed by atoms with Gasteiger partial charge in [0.05, 0.1) is 23.6 Å². The summed E-state index contributed by atoms with van der Waals surface area (Å²) >= 11 is 0. The van der Waals surface area contributed by atoms with E-state index in [0.29, 0.717) is 46.1 Å². The van der Waals surface area contributed by atoms with Crippen LogP contribution in [0.25, 0.3) is 11.0 Å². The monoisotopic (exact) mass is 509 g/mol. The van der Waals surface area contributed by atoms with E-state index in [1.807, 2.05) is 50.2 Å². The second kappa shape index (κ2) is 9.93. The Morgan fingerprint density at radius 1 is 1.00 bits per heavy atom. The highest BCUT2D eigenvalue weighted by atomic mass is 16.5. The summed E-state index contributed by atoms with van der Waals surface area (Å²) in [7, 11) is 0. The van der Waals surface area contributed by atoms with Crippen molar-refractivity contribution in [1.29, 1.82) is 0 Å². The molecule has 0 aliphatic carbocycles. The van der Waals surface area contributed by atoms with E-state index in [9.17, 15) is 14.4 Å². The Balaban J connectivity index is 1.69. The van der Waals surface area contributed by atoms with Gasteiger partial charge < -0.3 is 9.15 Å². The number of fused-ring (bicyclic) bond motifs is 2. The van der Waals surface area contributed by atoms with Crippen LogP contribution < -0.4 is 15.1 Å². The number of rotatable bonds is 7. The standard InChI is InChI=1S/C32H31NO5/c1-18(2)13-14-37-25-8-6-7-23(17-25)29-28-30(35)26-15-19(3)20(4)16-27(26)38-31(28)32(36)33(29)24-11-9-22(10-12-24)21(5)34/h6-12,15-18,29H,13-14H2,1-5H3. The third-order valence-corrected chi connectivity index (χ3v) is 7.18. The van der Waals surface area contributed by atoms with E-state index in [-0.39, 0.29) is 17.0 Å². The number of Topliss-reactive ketones (excluding diaryl/α,β-unsaturated/α-hetero) is 1. The van der Waals surface area contributed by atoms with Gasteiger partial charge in [-0.25, -0.2) is 0 Å². The lowest BCUT2D eigenvalue weighted by atomic mass is 9.97. The molecule has 0 radical (unpaired) electrons. The first-order chi connectivity index (χ1) is 18.2. The number of nitrogens with zero attached hydrogens (tertiary/aromatic N) is 1. The Kier molecular flexibility index (Phi) is 6.66. The van der Waals surface area contributed by atoms with Crippen LogP contribution in [0.4, 0.5) is 5.69 Å². The summed E-state index contributed by atoms with van der Waals surface area (Å²) < 4.78 is 12.1. The van der Waals surface area contributed by atoms with Crippen molar-refractivity contribution in [3.05, 3.63) is 104 Å². The zero-order chi connectivity index (χ0) is 27.1. The van der Waals surface area contributed by atoms with Gasteiger partial charge in [-0.1, -0.05) is 26.0 Å². The number of benzene rings is 3. The third-order valence-electron chi connectivity index (χ3n) is 7.18. The van der Waals surface area contributed by atoms with E-state index in [0.717, 1.165) is 23.1 Å². The SMILES string of the molecule is CC(=O)c1ccc(N2C(=O)c3oc4cc(C)c(C)cc4c(=O)c3C2c2cccc(OCCC(C)C)c2)cc1. The number of ether oxygens (including phenoxy) is 1. The maximum atomic E-state index is 14.0. The summed E-state index contributed by atoms with van der Waals surface area (Å²) in [5, 5.41) is 0.447. The zero-order valence-electron chi connectivity index (χ0n) is 22.3. The van der Waals surface area contributed by atoms with E-state index >= 15 is 0 Å². The van der Waals surface area contributed by atoms with Crippen LogP contribution in [0.2, 0.25) is 0 Å². The average Bonchev–Trinajstić information content (AvgIpc) is 3.18. The van der Waals surface area contributed by atoms with Crippen LogP contribution in [0.1, 0.15) is 76.4 Å². The molecule has 3 aromatic carbocycles. The van der Waals surface area contributed by atoms with Gasteiger partial charge in [-0.15, -0.1) is 0 Å². The maximum absolute atomic E-state index is 14.0. The van der Waals surface area contributed by atoms with Gasteiger partial charge in [0, 0.05) is 11.3 Å². The van der Waals surface area contributed by atoms with Crippen LogP contribution in [-0.2, 0) is 0 Å². The molecule has 5 rings (SSSR count). The van der Waals surface area contributed by atoms with E-state index < -0.39 is 11.9 Å². The van der Waals surface area contributed by atoms with Crippen LogP contribution >= 0.6 is 0 Å². The molecule has 1 aromatic heterocycles. The lowest BCUT2D eigenvalue weighted by Crippen LogP contribution is -2.29. The lowest BCUT2D eigenvalue weighted by Gasteiger charge is -2.25. The van der Waals surface area contributed by atoms with Crippen LogP contribution in [0.5, 0.6) is 5.75 Å². The summed E-state index contributed by atoms with van der Waals surface area (Å²) in [5.41, 5.74) is 4.28. The molecular weight excluding hydrogens is 478 g/mol. The Morgan fingerprint density at radius 3 is 2.39 bits per heavy atom. The number of carbonyl (C=O) groups is 2. The minimum absolute atomic E-state index is 0.0394. The lowest BCUT2D eigenvalue weighted by molar-refractivity contribution is 0.0970. The summed E-state index contributed by atoms with van der Waals surface area (Å²) in [6, 6.07) is 17.3. The minimum atomic E-state index is -0.711. The molecule has 2 heterocycles. The highest BCUT2D eigenvalue weighted by molar-refractivity contribution is 6.11. The van der Waals surface area contributed by atoms with Crippen LogP contribution in [-0.4, -0.2) is 18.3 Å². The van der Waals surface area contributed by atoms with Gasteiger partial charge in [0.2, 0.25) is 5.76 Å². The van der Waals surface area contributed by atoms with Crippen molar-refractivity contribution >= 4 is 28.3 Å². The molecule has 0 fully saturated rings. The van der Waals surface area contributed by atoms with Crippen molar-refractivity contribution in [2.24, 2.45) is 5.92 Å². The van der Waals surface area contributed by atoms with Crippen molar-refractivity contribution in [1.82, 2.24) is 0 Å². The second-order valence-corrected chi connectivity index (χ2v) is 10.4. The molecule has 1 aliphatic heterocycles. The first-order valence-corrected chi connectivity index (χ1v) is 12.9. The Labute approximate surface area is 221 Å². The summed E-state index contributed by atoms with van der Waals surface area (Å²) in [6.07, 6.45) is 0.915. The summed E-state index contributed by atoms with van der Waals surface area (Å²) in [5.74, 6) is 0.759. The molecule has 194 valence electrons. The van der Waals surface area contributed by atoms with Crippen LogP contribution in [0, 0.1) is 19.8 Å². The molecule has 38 heavy (non-hydrogen) atoms. The fourth-order valence-corrected chi connectivity index (χ4v) is 4.85. The summed E-state index contributed by atoms with van der Waals surface area (Å²) in [4.78, 5) is 41.3. The van der Waals surface area contributed by atoms with Gasteiger partial charge >= 0.3 is 0 Å². The van der Waals surface area contributed by atoms with E-state index in [1.165, 1.54) is 6.92 Å². The van der Waals surface area contributed by atoms with Gasteiger partial charge in [0.25, 0.3) is 5.91 Å². The van der Waals surface area contributed by atoms with Gasteiger partial charge in [-0.2, -0.15) is 0 Å². The smallest absolute Gasteiger partial charge is 0.295 e. The predicted octanol–water partition coefficient (Wildman–Crippen LogP) is 6.79. The van der Waals surface area contributed by atoms with Crippen molar-refractivity contribution < 1.29 is 18.7 Å². The second-order valence-electron chi connectivity index (χ2n) is 10.4. The number of carbonyl (C=O) groups excluding carboxylic acids is 2. The number of aryl methyl sites for hydroxylation is 2. The molecule has 4 aromatic rings. The number of hydrogen-bond donors (Lipinski definition) is 0. The van der Waals surface area contributed by atoms with Gasteiger partial charge in [-0.3, -0.25) is 19.3 Å². The van der Waals surface area contributed by atoms with Crippen molar-refractivity contribution in [2.45, 2.75) is 47.1 Å². The fraction of sp³-hybridized carbons (Fsp3) is 0.281. The Bertz CT molecular complexity index is 1610. The van der Waals surface area contributed by atoms with E-state index in [1.54, 1.807) is 29.2 Å². The van der Waals surface area contributed by atoms with Crippen molar-refractivity contribution in [2.75, 3.05) is 11.5 Å². The number of ketones is 1. The number of hydrogen-bond acceptors (Lipinski definition) is 5. The molecular formula is C32H31NO5. The molecule has 0 N–H and O–H groups in total. The molecule has 0 spiro atoms. The Morgan fingerprint density at radius 2 is 1.71 bits per heavy atom. The maximum Gasteiger partial charge on any atom is 0.295 e. The molecule has 1 amide bonds. The van der Waals surface area contributed by atoms with Gasteiger partial charge in [0.1, 0.15) is 11.3 Å². The minimum Gasteiger partial charge on any atom is -0.494 e. The van der Waals surface area contributed by atoms with E-state index in [2.05, 4.69) is 13.8 Å². The third kappa shape index (κ3) is 4.51. The molecule has 0 bridgehead atoms. The molecule has 0 saturated carbocycles. The molecule has 1 unspecified atom stereocenters. The molecule has 1 aliphatic rings. The number of anilines is 1. The summed E-state index contributed by atoms with van der Waals surface area (Å²) in [6.45, 7) is 10.2. The highest BCUT2D eigenvalue weighted by Gasteiger charge is 2.43. The van der Waals surface area contributed by atoms with E-state index in [4.69, 9.17) is 9.15 Å². The van der Waals surface area contributed by atoms with Crippen LogP contribution in [0.15, 0.2) is 69.9 Å². The normalized spacial score (nSPS) is 14.8. The first kappa shape index (κ1) is 25.5. The number of amides is 1. The van der Waals surface area contributed by atoms with Crippen molar-refractivity contribution in [3.63, 3.8) is 0 Å². The Hall–Kier alpha value is -4.19. The average molecular weight is 510 g/mol. The fourth-order valence-electron chi connectivity index (χ4n) is 4.85. The molecule has 1 atom stereocenters. The molecule has 6 nitrogen and oxygen atoms in total. The molecule has 6 heteroatoms. The topological polar surface area (TPSA) is 76.8 Å². The predicted molar refractivity (Wildman–Crippen MR) is 148 cm³/mol. The van der Waals surface area contributed by atoms with Gasteiger partial charge in [0.15, 0.2) is 11.2 Å². The highest BCUT2D eigenvalue weighted by Crippen LogP contribution is 2.42. The zero-order valence-corrected chi connectivity index (χ0v) is 22.3. The van der Waals surface area contributed by atoms with Crippen LogP contribution in [0.3, 0.4) is 0 Å². The largest absolute Gasteiger partial charge is 0.494 e. The van der Waals surface area contributed by atoms with Crippen molar-refractivity contribution in [3.8, 4) is 5.75 Å². The van der Waals surface area contributed by atoms with Gasteiger partial charge in [-0.05, 0) is 98.3 Å². The first-order valence-electron chi connectivity index (χ1n) is 12.9. The quantitative estimate of drug-likeness (QED) is 0.257.